The number of hydroxylamine groups is 1. The Bertz CT molecular complexity index is 198. The highest BCUT2D eigenvalue weighted by Gasteiger charge is 2.11. The zero-order valence-corrected chi connectivity index (χ0v) is 5.90. The van der Waals surface area contributed by atoms with Crippen molar-refractivity contribution in [2.75, 3.05) is 0 Å². The lowest BCUT2D eigenvalue weighted by atomic mass is 11.0. The molecule has 9 nitrogen and oxygen atoms in total. The number of hydrogen-bond donors (Lipinski definition) is 5. The molecule has 0 fully saturated rings. The molecule has 0 rings (SSSR count). The van der Waals surface area contributed by atoms with Gasteiger partial charge in [-0.05, 0) is 0 Å². The van der Waals surface area contributed by atoms with Gasteiger partial charge in [-0.3, -0.25) is 10.2 Å². The summed E-state index contributed by atoms with van der Waals surface area (Å²) in [7, 11) is 0. The van der Waals surface area contributed by atoms with Gasteiger partial charge in [0.1, 0.15) is 0 Å². The SMILES string of the molecule is N=C(N)N(NC(N)=O)OC(N)=O. The van der Waals surface area contributed by atoms with Crippen molar-refractivity contribution in [1.29, 1.82) is 5.41 Å². The minimum atomic E-state index is -1.24. The Kier molecular flexibility index (Phi) is 3.15. The van der Waals surface area contributed by atoms with Crippen molar-refractivity contribution < 1.29 is 14.4 Å². The molecule has 0 saturated heterocycles. The third-order valence-electron chi connectivity index (χ3n) is 0.612. The molecule has 68 valence electrons. The van der Waals surface area contributed by atoms with E-state index in [-0.39, 0.29) is 5.17 Å². The van der Waals surface area contributed by atoms with Crippen LogP contribution in [0.25, 0.3) is 0 Å². The molecule has 0 aromatic rings. The number of rotatable bonds is 0. The zero-order chi connectivity index (χ0) is 9.72. The molecule has 0 atom stereocenters. The Hall–Kier alpha value is -2.19. The second kappa shape index (κ2) is 3.85. The summed E-state index contributed by atoms with van der Waals surface area (Å²) in [4.78, 5) is 24.3. The molecule has 0 bridgehead atoms. The monoisotopic (exact) mass is 176 g/mol. The number of urea groups is 1. The van der Waals surface area contributed by atoms with Gasteiger partial charge >= 0.3 is 12.1 Å². The zero-order valence-electron chi connectivity index (χ0n) is 5.90. The van der Waals surface area contributed by atoms with Gasteiger partial charge in [0.25, 0.3) is 0 Å². The Morgan fingerprint density at radius 3 is 2.08 bits per heavy atom. The van der Waals surface area contributed by atoms with E-state index in [0.717, 1.165) is 0 Å². The van der Waals surface area contributed by atoms with E-state index >= 15 is 0 Å². The third kappa shape index (κ3) is 3.76. The van der Waals surface area contributed by atoms with Gasteiger partial charge in [0.2, 0.25) is 5.96 Å². The molecular weight excluding hydrogens is 168 g/mol. The topological polar surface area (TPSA) is 161 Å². The van der Waals surface area contributed by atoms with E-state index in [1.807, 2.05) is 0 Å². The largest absolute Gasteiger partial charge is 0.430 e. The van der Waals surface area contributed by atoms with Gasteiger partial charge in [-0.25, -0.2) is 15.0 Å². The van der Waals surface area contributed by atoms with Crippen LogP contribution >= 0.6 is 0 Å². The smallest absolute Gasteiger partial charge is 0.366 e. The Labute approximate surface area is 66.8 Å². The Morgan fingerprint density at radius 2 is 1.83 bits per heavy atom. The second-order valence-corrected chi connectivity index (χ2v) is 1.57. The van der Waals surface area contributed by atoms with Crippen LogP contribution in [0.3, 0.4) is 0 Å². The first-order valence-corrected chi connectivity index (χ1v) is 2.61. The van der Waals surface area contributed by atoms with Gasteiger partial charge in [-0.2, -0.15) is 0 Å². The molecule has 9 heteroatoms. The van der Waals surface area contributed by atoms with Gasteiger partial charge in [-0.15, -0.1) is 0 Å². The number of carbonyl (C=O) groups excluding carboxylic acids is 2. The van der Waals surface area contributed by atoms with Crippen molar-refractivity contribution in [2.45, 2.75) is 0 Å². The number of nitrogens with one attached hydrogen (secondary N) is 2. The minimum Gasteiger partial charge on any atom is -0.366 e. The van der Waals surface area contributed by atoms with E-state index < -0.39 is 18.1 Å². The molecule has 0 spiro atoms. The number of primary amides is 2. The van der Waals surface area contributed by atoms with Gasteiger partial charge in [0.05, 0.1) is 0 Å². The number of hydrazine groups is 1. The highest BCUT2D eigenvalue weighted by Crippen LogP contribution is 1.82. The third-order valence-corrected chi connectivity index (χ3v) is 0.612. The molecule has 0 radical (unpaired) electrons. The summed E-state index contributed by atoms with van der Waals surface area (Å²) >= 11 is 0. The van der Waals surface area contributed by atoms with Crippen molar-refractivity contribution in [3.63, 3.8) is 0 Å². The maximum absolute atomic E-state index is 10.2. The molecule has 0 aromatic heterocycles. The molecule has 0 aliphatic carbocycles. The second-order valence-electron chi connectivity index (χ2n) is 1.57. The summed E-state index contributed by atoms with van der Waals surface area (Å²) in [6.07, 6.45) is -1.24. The quantitative estimate of drug-likeness (QED) is 0.160. The van der Waals surface area contributed by atoms with Crippen molar-refractivity contribution in [1.82, 2.24) is 10.6 Å². The van der Waals surface area contributed by atoms with Crippen LogP contribution < -0.4 is 22.6 Å². The fourth-order valence-electron chi connectivity index (χ4n) is 0.322. The molecule has 8 N–H and O–H groups in total. The van der Waals surface area contributed by atoms with E-state index in [0.29, 0.717) is 0 Å². The Balaban J connectivity index is 4.14. The van der Waals surface area contributed by atoms with Crippen LogP contribution in [-0.2, 0) is 4.84 Å². The van der Waals surface area contributed by atoms with Crippen LogP contribution in [0.15, 0.2) is 0 Å². The summed E-state index contributed by atoms with van der Waals surface area (Å²) in [6, 6.07) is -1.05. The van der Waals surface area contributed by atoms with Crippen molar-refractivity contribution in [2.24, 2.45) is 17.2 Å². The molecule has 0 aromatic carbocycles. The molecule has 0 saturated carbocycles. The maximum Gasteiger partial charge on any atom is 0.430 e. The van der Waals surface area contributed by atoms with Gasteiger partial charge in [0, 0.05) is 0 Å². The maximum atomic E-state index is 10.2. The van der Waals surface area contributed by atoms with Crippen LogP contribution in [0.4, 0.5) is 9.59 Å². The van der Waals surface area contributed by atoms with Crippen molar-refractivity contribution in [3.8, 4) is 0 Å². The lowest BCUT2D eigenvalue weighted by molar-refractivity contribution is -0.0603. The minimum absolute atomic E-state index is 0.227. The van der Waals surface area contributed by atoms with E-state index in [9.17, 15) is 9.59 Å². The van der Waals surface area contributed by atoms with Crippen LogP contribution in [0.2, 0.25) is 0 Å². The average Bonchev–Trinajstić information content (AvgIpc) is 1.83. The average molecular weight is 176 g/mol. The van der Waals surface area contributed by atoms with Crippen molar-refractivity contribution >= 4 is 18.1 Å². The van der Waals surface area contributed by atoms with Gasteiger partial charge in [0.15, 0.2) is 0 Å². The lowest BCUT2D eigenvalue weighted by Gasteiger charge is -2.17. The normalized spacial score (nSPS) is 8.33. The molecule has 3 amide bonds. The first kappa shape index (κ1) is 9.81. The number of carbonyl (C=O) groups is 2. The summed E-state index contributed by atoms with van der Waals surface area (Å²) in [5, 5.41) is 6.97. The van der Waals surface area contributed by atoms with E-state index in [4.69, 9.17) is 11.1 Å². The predicted octanol–water partition coefficient (Wildman–Crippen LogP) is -2.22. The molecular formula is C3H8N6O3. The number of nitrogens with two attached hydrogens (primary N) is 3. The molecule has 0 aliphatic heterocycles. The highest BCUT2D eigenvalue weighted by molar-refractivity contribution is 5.80. The van der Waals surface area contributed by atoms with E-state index in [1.54, 1.807) is 5.43 Å². The fraction of sp³-hybridized carbons (Fsp3) is 0. The molecule has 0 aliphatic rings. The first-order chi connectivity index (χ1) is 5.43. The van der Waals surface area contributed by atoms with Crippen molar-refractivity contribution in [3.05, 3.63) is 0 Å². The van der Waals surface area contributed by atoms with Crippen LogP contribution in [0.1, 0.15) is 0 Å². The number of amides is 3. The number of nitrogens with zero attached hydrogens (tertiary/aromatic N) is 1. The summed E-state index contributed by atoms with van der Waals surface area (Å²) in [5.41, 5.74) is 15.7. The summed E-state index contributed by atoms with van der Waals surface area (Å²) in [5.74, 6) is -0.743. The first-order valence-electron chi connectivity index (χ1n) is 2.61. The summed E-state index contributed by atoms with van der Waals surface area (Å²) < 4.78 is 0. The van der Waals surface area contributed by atoms with Crippen LogP contribution in [0.5, 0.6) is 0 Å². The predicted molar refractivity (Wildman–Crippen MR) is 37.1 cm³/mol. The van der Waals surface area contributed by atoms with Crippen LogP contribution in [0, 0.1) is 5.41 Å². The summed E-state index contributed by atoms with van der Waals surface area (Å²) in [6.45, 7) is 0. The van der Waals surface area contributed by atoms with E-state index in [1.165, 1.54) is 0 Å². The molecule has 0 unspecified atom stereocenters. The highest BCUT2D eigenvalue weighted by atomic mass is 16.7. The van der Waals surface area contributed by atoms with Crippen LogP contribution in [-0.4, -0.2) is 23.3 Å². The van der Waals surface area contributed by atoms with Gasteiger partial charge in [-0.1, -0.05) is 5.17 Å². The van der Waals surface area contributed by atoms with Gasteiger partial charge < -0.3 is 17.2 Å². The number of guanidine groups is 1. The lowest BCUT2D eigenvalue weighted by Crippen LogP contribution is -2.52. The molecule has 0 heterocycles. The van der Waals surface area contributed by atoms with E-state index in [2.05, 4.69) is 16.3 Å². The number of hydrogen-bond acceptors (Lipinski definition) is 4. The Morgan fingerprint density at radius 1 is 1.33 bits per heavy atom. The fourth-order valence-corrected chi connectivity index (χ4v) is 0.322. The standard InChI is InChI=1S/C3H8N6O3/c4-1(5)9(8-2(6)10)12-3(7)11/h(H3,4,5)(H2,7,11)(H3,6,8,10). The molecule has 12 heavy (non-hydrogen) atoms.